The third-order valence-corrected chi connectivity index (χ3v) is 33.4. The van der Waals surface area contributed by atoms with Crippen LogP contribution in [0.15, 0.2) is 311 Å². The summed E-state index contributed by atoms with van der Waals surface area (Å²) in [7, 11) is -1.43. The number of hydrogen-bond acceptors (Lipinski definition) is 8. The van der Waals surface area contributed by atoms with Gasteiger partial charge in [-0.3, -0.25) is 0 Å². The van der Waals surface area contributed by atoms with Crippen LogP contribution >= 0.6 is 31.7 Å². The summed E-state index contributed by atoms with van der Waals surface area (Å²) in [5.41, 5.74) is 5.34. The maximum atomic E-state index is 6.35. The van der Waals surface area contributed by atoms with E-state index in [1.807, 2.05) is 18.2 Å². The highest BCUT2D eigenvalue weighted by Crippen LogP contribution is 2.61. The minimum absolute atomic E-state index is 0.0122. The van der Waals surface area contributed by atoms with Gasteiger partial charge in [0.15, 0.2) is 11.8 Å². The van der Waals surface area contributed by atoms with E-state index in [0.717, 1.165) is 110 Å². The van der Waals surface area contributed by atoms with E-state index in [4.69, 9.17) is 38.9 Å². The highest BCUT2D eigenvalue weighted by molar-refractivity contribution is 7.74. The Balaban J connectivity index is 0.000000127. The smallest absolute Gasteiger partial charge is 0.216 e. The molecule has 18 rings (SSSR count). The van der Waals surface area contributed by atoms with Crippen LogP contribution in [0.25, 0.3) is 0 Å². The highest BCUT2D eigenvalue weighted by atomic mass is 31.1. The van der Waals surface area contributed by atoms with Crippen molar-refractivity contribution in [1.29, 1.82) is 0 Å². The molecule has 0 N–H and O–H groups in total. The predicted octanol–water partition coefficient (Wildman–Crippen LogP) is 21.2. The monoisotopic (exact) mass is 1590 g/mol. The lowest BCUT2D eigenvalue weighted by molar-refractivity contribution is -0.0226. The van der Waals surface area contributed by atoms with Crippen LogP contribution in [0.4, 0.5) is 0 Å². The second kappa shape index (κ2) is 38.7. The summed E-state index contributed by atoms with van der Waals surface area (Å²) in [5, 5.41) is 11.6. The van der Waals surface area contributed by atoms with Gasteiger partial charge in [-0.15, -0.1) is 0 Å². The summed E-state index contributed by atoms with van der Waals surface area (Å²) in [4.78, 5) is 20.0. The van der Waals surface area contributed by atoms with Gasteiger partial charge in [-0.2, -0.15) is 0 Å². The lowest BCUT2D eigenvalue weighted by Crippen LogP contribution is -2.50. The number of nitrogens with zero attached hydrogens (tertiary/aromatic N) is 4. The highest BCUT2D eigenvalue weighted by Gasteiger charge is 2.55. The van der Waals surface area contributed by atoms with Gasteiger partial charge < -0.3 is 18.9 Å². The van der Waals surface area contributed by atoms with Gasteiger partial charge in [-0.05, 0) is 227 Å². The molecule has 4 aliphatic heterocycles. The Morgan fingerprint density at radius 2 is 0.553 bits per heavy atom. The number of benzene rings is 10. The molecular formula is C102H118N4O4P4. The Morgan fingerprint density at radius 3 is 0.842 bits per heavy atom. The zero-order valence-electron chi connectivity index (χ0n) is 68.7. The van der Waals surface area contributed by atoms with Gasteiger partial charge in [0.1, 0.15) is 26.4 Å². The third-order valence-electron chi connectivity index (χ3n) is 23.2. The maximum absolute atomic E-state index is 6.35. The van der Waals surface area contributed by atoms with Gasteiger partial charge >= 0.3 is 0 Å². The lowest BCUT2D eigenvalue weighted by Gasteiger charge is -2.56. The summed E-state index contributed by atoms with van der Waals surface area (Å²) in [6, 6.07) is 106. The Bertz CT molecular complexity index is 4540. The summed E-state index contributed by atoms with van der Waals surface area (Å²) in [6.45, 7) is 23.0. The number of aliphatic imine (C=N–C) groups is 4. The predicted molar refractivity (Wildman–Crippen MR) is 491 cm³/mol. The largest absolute Gasteiger partial charge is 0.478 e. The van der Waals surface area contributed by atoms with Gasteiger partial charge in [-0.1, -0.05) is 329 Å². The van der Waals surface area contributed by atoms with Crippen molar-refractivity contribution in [3.05, 3.63) is 313 Å². The molecule has 0 amide bonds. The quantitative estimate of drug-likeness (QED) is 0.0597. The molecule has 0 saturated heterocycles. The van der Waals surface area contributed by atoms with Gasteiger partial charge in [0.2, 0.25) is 11.8 Å². The molecule has 0 spiro atoms. The van der Waals surface area contributed by atoms with Crippen LogP contribution in [-0.2, 0) is 29.8 Å². The van der Waals surface area contributed by atoms with Crippen molar-refractivity contribution >= 4 is 97.7 Å². The molecule has 4 unspecified atom stereocenters. The normalized spacial score (nSPS) is 21.4. The molecule has 4 fully saturated rings. The minimum atomic E-state index is -0.402. The molecule has 12 heteroatoms. The lowest BCUT2D eigenvalue weighted by atomic mass is 9.49. The fourth-order valence-electron chi connectivity index (χ4n) is 17.4. The second-order valence-electron chi connectivity index (χ2n) is 35.2. The first-order valence-corrected chi connectivity index (χ1v) is 48.0. The van der Waals surface area contributed by atoms with E-state index in [0.29, 0.717) is 30.7 Å². The summed E-state index contributed by atoms with van der Waals surface area (Å²) < 4.78 is 24.2. The molecule has 4 heterocycles. The molecule has 4 saturated carbocycles. The van der Waals surface area contributed by atoms with Gasteiger partial charge in [0, 0.05) is 22.0 Å². The minimum Gasteiger partial charge on any atom is -0.478 e. The average molecular weight is 1590 g/mol. The van der Waals surface area contributed by atoms with Crippen LogP contribution in [-0.4, -0.2) is 98.8 Å². The van der Waals surface area contributed by atoms with Crippen molar-refractivity contribution in [2.24, 2.45) is 48.6 Å². The van der Waals surface area contributed by atoms with Gasteiger partial charge in [0.25, 0.3) is 0 Å². The molecule has 4 atom stereocenters. The molecule has 8 aliphatic rings. The molecule has 4 bridgehead atoms. The van der Waals surface area contributed by atoms with E-state index >= 15 is 0 Å². The molecule has 8 nitrogen and oxygen atoms in total. The van der Waals surface area contributed by atoms with Crippen LogP contribution < -0.4 is 42.4 Å². The third kappa shape index (κ3) is 22.1. The van der Waals surface area contributed by atoms with Crippen molar-refractivity contribution < 1.29 is 18.9 Å². The molecule has 10 aromatic carbocycles. The summed E-state index contributed by atoms with van der Waals surface area (Å²) in [6.07, 6.45) is 17.4. The molecule has 590 valence electrons. The van der Waals surface area contributed by atoms with Gasteiger partial charge in [0.05, 0.1) is 24.2 Å². The topological polar surface area (TPSA) is 86.4 Å². The first kappa shape index (κ1) is 82.3. The molecule has 114 heavy (non-hydrogen) atoms. The molecular weight excluding hydrogens is 1470 g/mol. The van der Waals surface area contributed by atoms with E-state index in [9.17, 15) is 0 Å². The van der Waals surface area contributed by atoms with E-state index in [1.165, 1.54) is 98.3 Å². The van der Waals surface area contributed by atoms with Crippen molar-refractivity contribution in [1.82, 2.24) is 0 Å². The van der Waals surface area contributed by atoms with Crippen molar-refractivity contribution in [3.8, 4) is 0 Å². The van der Waals surface area contributed by atoms with Crippen molar-refractivity contribution in [2.75, 3.05) is 51.1 Å². The van der Waals surface area contributed by atoms with E-state index in [2.05, 4.69) is 335 Å². The van der Waals surface area contributed by atoms with Crippen LogP contribution in [0.1, 0.15) is 149 Å². The van der Waals surface area contributed by atoms with E-state index in [1.54, 1.807) is 0 Å². The summed E-state index contributed by atoms with van der Waals surface area (Å²) in [5.74, 6) is 6.53. The second-order valence-corrected chi connectivity index (χ2v) is 44.5. The van der Waals surface area contributed by atoms with E-state index < -0.39 is 7.92 Å². The van der Waals surface area contributed by atoms with E-state index in [-0.39, 0.29) is 52.1 Å². The standard InChI is InChI=1S/C31H38NOP.C27H32NOP.C23H22NOP.C21H26NOP/c1-30(2,3)24-19-23(20-25(21-24)31(4,5)6)29-32-26(22-33-29)17-18-34(27-13-9-7-10-14-27)28-15-11-8-12-16-28;1-3-7-24(8-4-1)30(25-9-5-2-6-10-25)12-11-23-19-29-26(28-23)27-16-20-13-21(17-27)15-22(14-20)18-27;1-4-10-19(11-5-1)23-24-20(18-25-23)16-17-26(21-12-6-2-7-13-21)22-14-8-3-9-15-22;1-21(2,3)20-22-17(16-23-20)14-15-24(18-10-6-4-7-11-18)19-12-8-5-9-13-19/h7-16,19-21,26H,17-18,22H2,1-6H3;1-10,20-23H,11-19H2;1-15,20H,16-18H2;4-13,17H,14-16H2,1-3H3. The molecule has 0 aromatic heterocycles. The number of rotatable bonds is 23. The van der Waals surface area contributed by atoms with Crippen molar-refractivity contribution in [3.63, 3.8) is 0 Å². The Hall–Kier alpha value is -8.20. The number of ether oxygens (including phenoxy) is 4. The van der Waals surface area contributed by atoms with Crippen LogP contribution in [0.2, 0.25) is 0 Å². The fraction of sp³-hybridized carbons (Fsp3) is 0.373. The summed E-state index contributed by atoms with van der Waals surface area (Å²) >= 11 is 0. The molecule has 0 radical (unpaired) electrons. The van der Waals surface area contributed by atoms with Crippen LogP contribution in [0, 0.1) is 28.6 Å². The first-order valence-electron chi connectivity index (χ1n) is 41.9. The Morgan fingerprint density at radius 1 is 0.289 bits per heavy atom. The van der Waals surface area contributed by atoms with Crippen LogP contribution in [0.5, 0.6) is 0 Å². The molecule has 4 aliphatic carbocycles. The maximum Gasteiger partial charge on any atom is 0.216 e. The fourth-order valence-corrected chi connectivity index (χ4v) is 27.2. The zero-order chi connectivity index (χ0) is 78.9. The Labute approximate surface area is 686 Å². The van der Waals surface area contributed by atoms with Crippen molar-refractivity contribution in [2.45, 2.75) is 162 Å². The number of hydrogen-bond donors (Lipinski definition) is 0. The average Bonchev–Trinajstić information content (AvgIpc) is 1.32. The van der Waals surface area contributed by atoms with Gasteiger partial charge in [-0.25, -0.2) is 20.0 Å². The van der Waals surface area contributed by atoms with Crippen LogP contribution in [0.3, 0.4) is 0 Å². The SMILES string of the molecule is CC(C)(C)C1=NC(CCP(c2ccccc2)c2ccccc2)CO1.CC(C)(C)c1cc(C2=NC(CCP(c3ccccc3)c3ccccc3)CO2)cc(C(C)(C)C)c1.c1ccc(C2=NC(CCP(c3ccccc3)c3ccccc3)CO2)cc1.c1ccc(P(CCC2COC(C34CC5CC(CC(C5)C3)C4)=N2)c2ccccc2)cc1. The zero-order valence-corrected chi connectivity index (χ0v) is 72.3. The first-order chi connectivity index (χ1) is 55.3. The Kier molecular flexibility index (Phi) is 28.0. The molecule has 10 aromatic rings.